The molecule has 0 spiro atoms. The minimum atomic E-state index is -0.908. The van der Waals surface area contributed by atoms with E-state index < -0.39 is 23.8 Å². The number of carbonyl (C=O) groups is 4. The van der Waals surface area contributed by atoms with Crippen molar-refractivity contribution in [3.8, 4) is 17.2 Å². The van der Waals surface area contributed by atoms with E-state index in [1.165, 1.54) is 36.4 Å². The van der Waals surface area contributed by atoms with Gasteiger partial charge in [0, 0.05) is 0 Å². The Morgan fingerprint density at radius 3 is 2.50 bits per heavy atom. The van der Waals surface area contributed by atoms with Crippen molar-refractivity contribution >= 4 is 51.4 Å². The third-order valence-electron chi connectivity index (χ3n) is 4.21. The number of urea groups is 1. The molecule has 0 atom stereocenters. The lowest BCUT2D eigenvalue weighted by atomic mass is 10.1. The highest BCUT2D eigenvalue weighted by Gasteiger charge is 2.36. The molecule has 2 aromatic carbocycles. The number of ether oxygens (including phenoxy) is 2. The van der Waals surface area contributed by atoms with Gasteiger partial charge in [0.2, 0.25) is 0 Å². The zero-order valence-corrected chi connectivity index (χ0v) is 18.3. The van der Waals surface area contributed by atoms with Crippen LogP contribution < -0.4 is 25.4 Å². The first-order valence-electron chi connectivity index (χ1n) is 9.29. The largest absolute Gasteiger partial charge is 0.508 e. The lowest BCUT2D eigenvalue weighted by Gasteiger charge is -2.26. The standard InChI is InChI=1S/C21H18BrN3O7/c1-2-31-16-9-11(8-15(22)18(16)32-10-17(23)27)7-14-19(28)24-21(30)25(20(14)29)12-3-5-13(26)6-4-12/h3-9,26H,2,10H2,1H3,(H2,23,27)(H,24,28,30)/b14-7+. The van der Waals surface area contributed by atoms with E-state index in [9.17, 15) is 24.3 Å². The van der Waals surface area contributed by atoms with Gasteiger partial charge in [-0.3, -0.25) is 19.7 Å². The van der Waals surface area contributed by atoms with Gasteiger partial charge in [-0.25, -0.2) is 9.69 Å². The van der Waals surface area contributed by atoms with Gasteiger partial charge in [0.05, 0.1) is 16.8 Å². The molecule has 10 nitrogen and oxygen atoms in total. The van der Waals surface area contributed by atoms with Crippen LogP contribution in [-0.4, -0.2) is 42.1 Å². The smallest absolute Gasteiger partial charge is 0.335 e. The van der Waals surface area contributed by atoms with Crippen molar-refractivity contribution in [3.63, 3.8) is 0 Å². The highest BCUT2D eigenvalue weighted by atomic mass is 79.9. The van der Waals surface area contributed by atoms with Gasteiger partial charge in [-0.1, -0.05) is 0 Å². The molecule has 0 radical (unpaired) electrons. The molecule has 4 N–H and O–H groups in total. The van der Waals surface area contributed by atoms with Crippen LogP contribution in [0.4, 0.5) is 10.5 Å². The molecule has 1 fully saturated rings. The van der Waals surface area contributed by atoms with Gasteiger partial charge in [0.1, 0.15) is 11.3 Å². The zero-order chi connectivity index (χ0) is 23.4. The van der Waals surface area contributed by atoms with Gasteiger partial charge < -0.3 is 20.3 Å². The van der Waals surface area contributed by atoms with E-state index in [0.29, 0.717) is 10.0 Å². The number of imide groups is 2. The number of benzene rings is 2. The molecule has 166 valence electrons. The Balaban J connectivity index is 2.00. The molecule has 0 aliphatic carbocycles. The van der Waals surface area contributed by atoms with E-state index in [2.05, 4.69) is 21.2 Å². The summed E-state index contributed by atoms with van der Waals surface area (Å²) in [5, 5.41) is 11.6. The predicted molar refractivity (Wildman–Crippen MR) is 117 cm³/mol. The number of halogens is 1. The van der Waals surface area contributed by atoms with Crippen molar-refractivity contribution < 1.29 is 33.8 Å². The Labute approximate surface area is 190 Å². The Morgan fingerprint density at radius 2 is 1.88 bits per heavy atom. The van der Waals surface area contributed by atoms with E-state index in [1.54, 1.807) is 13.0 Å². The Bertz CT molecular complexity index is 1130. The second-order valence-corrected chi connectivity index (χ2v) is 7.35. The van der Waals surface area contributed by atoms with Gasteiger partial charge in [-0.15, -0.1) is 0 Å². The van der Waals surface area contributed by atoms with Crippen LogP contribution >= 0.6 is 15.9 Å². The number of nitrogens with zero attached hydrogens (tertiary/aromatic N) is 1. The maximum atomic E-state index is 13.0. The van der Waals surface area contributed by atoms with Crippen LogP contribution in [0.2, 0.25) is 0 Å². The number of phenolic OH excluding ortho intramolecular Hbond substituents is 1. The van der Waals surface area contributed by atoms with Crippen LogP contribution in [0, 0.1) is 0 Å². The summed E-state index contributed by atoms with van der Waals surface area (Å²) in [5.74, 6) is -1.93. The van der Waals surface area contributed by atoms with Crippen LogP contribution in [0.3, 0.4) is 0 Å². The van der Waals surface area contributed by atoms with Gasteiger partial charge >= 0.3 is 6.03 Å². The summed E-state index contributed by atoms with van der Waals surface area (Å²) in [5.41, 5.74) is 5.40. The number of barbiturate groups is 1. The molecule has 0 aromatic heterocycles. The molecule has 0 unspecified atom stereocenters. The molecule has 1 saturated heterocycles. The first kappa shape index (κ1) is 22.8. The quantitative estimate of drug-likeness (QED) is 0.386. The minimum Gasteiger partial charge on any atom is -0.508 e. The first-order valence-corrected chi connectivity index (χ1v) is 10.1. The maximum Gasteiger partial charge on any atom is 0.335 e. The highest BCUT2D eigenvalue weighted by Crippen LogP contribution is 2.38. The van der Waals surface area contributed by atoms with Crippen LogP contribution in [0.25, 0.3) is 6.08 Å². The van der Waals surface area contributed by atoms with Crippen LogP contribution in [0.1, 0.15) is 12.5 Å². The fourth-order valence-electron chi connectivity index (χ4n) is 2.88. The van der Waals surface area contributed by atoms with E-state index in [1.807, 2.05) is 0 Å². The molecule has 1 aliphatic rings. The number of phenols is 1. The Hall–Kier alpha value is -3.86. The van der Waals surface area contributed by atoms with Crippen molar-refractivity contribution in [1.82, 2.24) is 5.32 Å². The average molecular weight is 504 g/mol. The molecule has 11 heteroatoms. The number of hydrogen-bond donors (Lipinski definition) is 3. The topological polar surface area (TPSA) is 148 Å². The number of aromatic hydroxyl groups is 1. The normalized spacial score (nSPS) is 15.0. The van der Waals surface area contributed by atoms with E-state index in [4.69, 9.17) is 15.2 Å². The summed E-state index contributed by atoms with van der Waals surface area (Å²) in [7, 11) is 0. The first-order chi connectivity index (χ1) is 15.2. The van der Waals surface area contributed by atoms with Gasteiger partial charge in [0.25, 0.3) is 17.7 Å². The summed E-state index contributed by atoms with van der Waals surface area (Å²) in [6.07, 6.45) is 1.29. The lowest BCUT2D eigenvalue weighted by molar-refractivity contribution is -0.123. The van der Waals surface area contributed by atoms with Crippen LogP contribution in [0.15, 0.2) is 46.4 Å². The Morgan fingerprint density at radius 1 is 1.19 bits per heavy atom. The summed E-state index contributed by atoms with van der Waals surface area (Å²) < 4.78 is 11.3. The molecule has 5 amide bonds. The van der Waals surface area contributed by atoms with Gasteiger partial charge in [-0.05, 0) is 70.9 Å². The number of nitrogens with two attached hydrogens (primary N) is 1. The maximum absolute atomic E-state index is 13.0. The average Bonchev–Trinajstić information content (AvgIpc) is 2.72. The van der Waals surface area contributed by atoms with Crippen molar-refractivity contribution in [2.24, 2.45) is 5.73 Å². The van der Waals surface area contributed by atoms with Crippen molar-refractivity contribution in [2.45, 2.75) is 6.92 Å². The molecular weight excluding hydrogens is 486 g/mol. The fraction of sp³-hybridized carbons (Fsp3) is 0.143. The van der Waals surface area contributed by atoms with Crippen molar-refractivity contribution in [3.05, 3.63) is 52.0 Å². The third-order valence-corrected chi connectivity index (χ3v) is 4.80. The molecule has 0 saturated carbocycles. The monoisotopic (exact) mass is 503 g/mol. The molecule has 1 aliphatic heterocycles. The molecule has 1 heterocycles. The molecule has 0 bridgehead atoms. The number of hydrogen-bond acceptors (Lipinski definition) is 7. The third kappa shape index (κ3) is 4.89. The van der Waals surface area contributed by atoms with Crippen LogP contribution in [0.5, 0.6) is 17.2 Å². The van der Waals surface area contributed by atoms with E-state index >= 15 is 0 Å². The summed E-state index contributed by atoms with van der Waals surface area (Å²) in [4.78, 5) is 49.5. The number of primary amides is 1. The van der Waals surface area contributed by atoms with E-state index in [0.717, 1.165) is 4.90 Å². The predicted octanol–water partition coefficient (Wildman–Crippen LogP) is 2.08. The molecule has 3 rings (SSSR count). The van der Waals surface area contributed by atoms with Gasteiger partial charge in [-0.2, -0.15) is 0 Å². The van der Waals surface area contributed by atoms with Crippen molar-refractivity contribution in [1.29, 1.82) is 0 Å². The summed E-state index contributed by atoms with van der Waals surface area (Å²) in [6, 6.07) is 7.52. The summed E-state index contributed by atoms with van der Waals surface area (Å²) >= 11 is 3.32. The molecule has 32 heavy (non-hydrogen) atoms. The SMILES string of the molecule is CCOc1cc(/C=C2\C(=O)NC(=O)N(c3ccc(O)cc3)C2=O)cc(Br)c1OCC(N)=O. The molecular formula is C21H18BrN3O7. The number of anilines is 1. The second kappa shape index (κ2) is 9.52. The second-order valence-electron chi connectivity index (χ2n) is 6.49. The van der Waals surface area contributed by atoms with Crippen LogP contribution in [-0.2, 0) is 14.4 Å². The van der Waals surface area contributed by atoms with Crippen molar-refractivity contribution in [2.75, 3.05) is 18.1 Å². The Kier molecular flexibility index (Phi) is 6.79. The number of nitrogens with one attached hydrogen (secondary N) is 1. The summed E-state index contributed by atoms with van der Waals surface area (Å²) in [6.45, 7) is 1.65. The fourth-order valence-corrected chi connectivity index (χ4v) is 3.45. The molecule has 2 aromatic rings. The highest BCUT2D eigenvalue weighted by molar-refractivity contribution is 9.10. The van der Waals surface area contributed by atoms with E-state index in [-0.39, 0.29) is 41.7 Å². The zero-order valence-electron chi connectivity index (χ0n) is 16.8. The number of carbonyl (C=O) groups excluding carboxylic acids is 4. The lowest BCUT2D eigenvalue weighted by Crippen LogP contribution is -2.54. The number of rotatable bonds is 7. The minimum absolute atomic E-state index is 0.0441. The number of amides is 5. The van der Waals surface area contributed by atoms with Gasteiger partial charge in [0.15, 0.2) is 18.1 Å².